The van der Waals surface area contributed by atoms with Gasteiger partial charge in [0.2, 0.25) is 12.1 Å². The molecule has 5 aromatic carbocycles. The number of hydrogen-bond donors (Lipinski definition) is 4. The minimum atomic E-state index is -1.63. The van der Waals surface area contributed by atoms with Gasteiger partial charge in [0, 0.05) is 11.4 Å². The van der Waals surface area contributed by atoms with Gasteiger partial charge in [-0.3, -0.25) is 28.8 Å². The molecule has 69 heavy (non-hydrogen) atoms. The number of nitrogens with zero attached hydrogens (tertiary/aromatic N) is 4. The predicted molar refractivity (Wildman–Crippen MR) is 269 cm³/mol. The van der Waals surface area contributed by atoms with Gasteiger partial charge < -0.3 is 30.7 Å². The molecule has 0 radical (unpaired) electrons. The third kappa shape index (κ3) is 14.1. The molecule has 5 atom stereocenters. The monoisotopic (exact) mass is 1040 g/mol. The number of carbonyl (C=O) groups excluding carboxylic acids is 6. The van der Waals surface area contributed by atoms with Crippen LogP contribution in [-0.2, 0) is 19.2 Å². The van der Waals surface area contributed by atoms with Crippen molar-refractivity contribution in [3.8, 4) is 11.5 Å². The van der Waals surface area contributed by atoms with E-state index in [0.717, 1.165) is 25.0 Å². The highest BCUT2D eigenvalue weighted by atomic mass is 35.5. The predicted octanol–water partition coefficient (Wildman–Crippen LogP) is 12.8. The molecule has 0 fully saturated rings. The summed E-state index contributed by atoms with van der Waals surface area (Å²) in [6.07, 6.45) is 0. The molecule has 4 amide bonds. The van der Waals surface area contributed by atoms with Crippen molar-refractivity contribution in [3.05, 3.63) is 129 Å². The molecule has 360 valence electrons. The van der Waals surface area contributed by atoms with Gasteiger partial charge in [0.25, 0.3) is 23.6 Å². The Morgan fingerprint density at radius 2 is 0.928 bits per heavy atom. The van der Waals surface area contributed by atoms with Crippen LogP contribution in [0.1, 0.15) is 88.2 Å². The van der Waals surface area contributed by atoms with Crippen molar-refractivity contribution in [2.45, 2.75) is 62.8 Å². The Hall–Kier alpha value is -6.43. The van der Waals surface area contributed by atoms with Gasteiger partial charge in [-0.15, -0.1) is 34.8 Å². The molecule has 0 aromatic heterocycles. The Labute approximate surface area is 422 Å². The van der Waals surface area contributed by atoms with E-state index in [-0.39, 0.29) is 54.7 Å². The summed E-state index contributed by atoms with van der Waals surface area (Å²) in [5, 5.41) is 25.7. The van der Waals surface area contributed by atoms with Crippen molar-refractivity contribution in [2.24, 2.45) is 20.5 Å². The zero-order chi connectivity index (χ0) is 50.7. The van der Waals surface area contributed by atoms with E-state index < -0.39 is 52.7 Å². The first-order valence-corrected chi connectivity index (χ1v) is 22.9. The summed E-state index contributed by atoms with van der Waals surface area (Å²) in [5.41, 5.74) is 3.27. The average molecular weight is 1040 g/mol. The first kappa shape index (κ1) is 53.5. The van der Waals surface area contributed by atoms with E-state index in [0.29, 0.717) is 28.4 Å². The Bertz CT molecular complexity index is 2860. The molecule has 16 nitrogen and oxygen atoms in total. The van der Waals surface area contributed by atoms with E-state index in [1.165, 1.54) is 68.8 Å². The number of ketones is 2. The number of azo groups is 2. The number of Topliss-reactive ketones (excluding diaryl/α,β-unsaturated/α-hetero) is 2. The third-order valence-corrected chi connectivity index (χ3v) is 11.5. The highest BCUT2D eigenvalue weighted by Gasteiger charge is 2.27. The van der Waals surface area contributed by atoms with Gasteiger partial charge in [0.05, 0.1) is 74.3 Å². The Kier molecular flexibility index (Phi) is 18.8. The molecule has 4 N–H and O–H groups in total. The van der Waals surface area contributed by atoms with Crippen LogP contribution in [0.15, 0.2) is 111 Å². The number of amides is 4. The number of nitrogens with one attached hydrogen (secondary N) is 4. The smallest absolute Gasteiger partial charge is 0.258 e. The van der Waals surface area contributed by atoms with Crippen LogP contribution in [-0.4, -0.2) is 61.5 Å². The molecule has 0 heterocycles. The van der Waals surface area contributed by atoms with E-state index in [9.17, 15) is 28.8 Å². The summed E-state index contributed by atoms with van der Waals surface area (Å²) in [7, 11) is 2.91. The lowest BCUT2D eigenvalue weighted by molar-refractivity contribution is -0.127. The standard InChI is InChI=1S/C48H45Cl5N8O8/c1-23(49)28-8-15-39(41(18-28)68-6)56-45(64)34-21-31(10-13-36(34)52)58-60-43(26(4)62)47(66)54-30-12-17-38(33(20-30)25(3)51)55-48(67)44(27(5)63)61-59-32-11-14-37(53)35(22-32)46(65)57-40-16-9-29(24(2)50)19-42(40)69-7/h8-25,43-44H,1-7H3,(H,54,66)(H,55,67)(H,56,64)(H,57,65). The molecule has 0 aliphatic heterocycles. The quantitative estimate of drug-likeness (QED) is 0.0353. The lowest BCUT2D eigenvalue weighted by Crippen LogP contribution is -2.32. The van der Waals surface area contributed by atoms with Crippen molar-refractivity contribution in [3.63, 3.8) is 0 Å². The largest absolute Gasteiger partial charge is 0.495 e. The number of rotatable bonds is 19. The van der Waals surface area contributed by atoms with Gasteiger partial charge in [-0.2, -0.15) is 20.5 Å². The van der Waals surface area contributed by atoms with Crippen LogP contribution < -0.4 is 30.7 Å². The van der Waals surface area contributed by atoms with Gasteiger partial charge in [-0.1, -0.05) is 35.3 Å². The zero-order valence-corrected chi connectivity index (χ0v) is 41.8. The van der Waals surface area contributed by atoms with E-state index in [4.69, 9.17) is 67.5 Å². The minimum Gasteiger partial charge on any atom is -0.495 e. The van der Waals surface area contributed by atoms with Crippen LogP contribution in [0.5, 0.6) is 11.5 Å². The van der Waals surface area contributed by atoms with Crippen LogP contribution in [0.4, 0.5) is 34.1 Å². The normalized spacial score (nSPS) is 13.4. The Balaban J connectivity index is 1.28. The van der Waals surface area contributed by atoms with E-state index in [2.05, 4.69) is 41.7 Å². The Morgan fingerprint density at radius 1 is 0.507 bits per heavy atom. The van der Waals surface area contributed by atoms with Crippen molar-refractivity contribution in [1.29, 1.82) is 0 Å². The molecule has 5 unspecified atom stereocenters. The minimum absolute atomic E-state index is 0.0271. The third-order valence-electron chi connectivity index (χ3n) is 10.1. The molecule has 0 aliphatic carbocycles. The fraction of sp³-hybridized carbons (Fsp3) is 0.250. The summed E-state index contributed by atoms with van der Waals surface area (Å²) in [4.78, 5) is 79.0. The summed E-state index contributed by atoms with van der Waals surface area (Å²) in [6.45, 7) is 7.53. The van der Waals surface area contributed by atoms with Crippen molar-refractivity contribution in [2.75, 3.05) is 35.5 Å². The second-order valence-electron chi connectivity index (χ2n) is 15.2. The molecule has 21 heteroatoms. The summed E-state index contributed by atoms with van der Waals surface area (Å²) in [5.74, 6) is -3.43. The summed E-state index contributed by atoms with van der Waals surface area (Å²) < 4.78 is 10.8. The van der Waals surface area contributed by atoms with E-state index in [1.54, 1.807) is 57.2 Å². The highest BCUT2D eigenvalue weighted by Crippen LogP contribution is 2.35. The number of carbonyl (C=O) groups is 6. The second kappa shape index (κ2) is 24.2. The molecule has 0 saturated carbocycles. The maximum Gasteiger partial charge on any atom is 0.258 e. The van der Waals surface area contributed by atoms with Crippen LogP contribution >= 0.6 is 58.0 Å². The number of methoxy groups -OCH3 is 2. The lowest BCUT2D eigenvalue weighted by atomic mass is 10.1. The van der Waals surface area contributed by atoms with Crippen LogP contribution in [0, 0.1) is 0 Å². The SMILES string of the molecule is COc1cc(C(C)Cl)ccc1NC(=O)c1cc(N=NC(C(C)=O)C(=O)Nc2ccc(NC(=O)C(N=Nc3ccc(Cl)c(C(=O)Nc4ccc(C(C)Cl)cc4OC)c3)C(C)=O)c(C(C)Cl)c2)ccc1Cl. The number of alkyl halides is 3. The summed E-state index contributed by atoms with van der Waals surface area (Å²) >= 11 is 31.6. The van der Waals surface area contributed by atoms with Gasteiger partial charge in [0.15, 0.2) is 11.6 Å². The molecular formula is C48H45Cl5N8O8. The molecule has 0 saturated heterocycles. The molecule has 5 rings (SSSR count). The first-order chi connectivity index (χ1) is 32.7. The van der Waals surface area contributed by atoms with Crippen molar-refractivity contribution in [1.82, 2.24) is 0 Å². The van der Waals surface area contributed by atoms with E-state index in [1.807, 2.05) is 0 Å². The lowest BCUT2D eigenvalue weighted by Gasteiger charge is -2.17. The first-order valence-electron chi connectivity index (χ1n) is 20.8. The van der Waals surface area contributed by atoms with E-state index >= 15 is 0 Å². The fourth-order valence-corrected chi connectivity index (χ4v) is 7.23. The van der Waals surface area contributed by atoms with Crippen LogP contribution in [0.3, 0.4) is 0 Å². The van der Waals surface area contributed by atoms with Crippen molar-refractivity contribution < 1.29 is 38.2 Å². The number of anilines is 4. The fourth-order valence-electron chi connectivity index (χ4n) is 6.38. The number of ether oxygens (including phenoxy) is 2. The number of halogens is 5. The molecule has 0 aliphatic rings. The van der Waals surface area contributed by atoms with Crippen LogP contribution in [0.25, 0.3) is 0 Å². The van der Waals surface area contributed by atoms with Crippen molar-refractivity contribution >= 4 is 127 Å². The zero-order valence-electron chi connectivity index (χ0n) is 38.0. The summed E-state index contributed by atoms with van der Waals surface area (Å²) in [6, 6.07) is 19.7. The number of hydrogen-bond acceptors (Lipinski definition) is 12. The average Bonchev–Trinajstić information content (AvgIpc) is 3.30. The van der Waals surface area contributed by atoms with Crippen LogP contribution in [0.2, 0.25) is 10.0 Å². The number of benzene rings is 5. The molecule has 5 aromatic rings. The molecule has 0 spiro atoms. The molecular weight excluding hydrogens is 994 g/mol. The topological polar surface area (TPSA) is 218 Å². The maximum atomic E-state index is 13.5. The van der Waals surface area contributed by atoms with Gasteiger partial charge in [-0.05, 0) is 130 Å². The highest BCUT2D eigenvalue weighted by molar-refractivity contribution is 6.35. The second-order valence-corrected chi connectivity index (χ2v) is 18.0. The van der Waals surface area contributed by atoms with Gasteiger partial charge in [-0.25, -0.2) is 0 Å². The molecule has 0 bridgehead atoms. The van der Waals surface area contributed by atoms with Gasteiger partial charge in [0.1, 0.15) is 11.5 Å². The van der Waals surface area contributed by atoms with Gasteiger partial charge >= 0.3 is 0 Å². The Morgan fingerprint density at radius 3 is 1.32 bits per heavy atom. The maximum absolute atomic E-state index is 13.5.